The largest absolute Gasteiger partial charge is 0.380 e. The Kier molecular flexibility index (Phi) is 3.16. The van der Waals surface area contributed by atoms with Crippen LogP contribution in [-0.4, -0.2) is 28.8 Å². The van der Waals surface area contributed by atoms with Gasteiger partial charge in [-0.1, -0.05) is 0 Å². The maximum absolute atomic E-state index is 5.29. The molecule has 1 atom stereocenters. The van der Waals surface area contributed by atoms with Crippen LogP contribution in [0.15, 0.2) is 12.4 Å². The molecule has 2 heterocycles. The monoisotopic (exact) mass is 195 g/mol. The Morgan fingerprint density at radius 2 is 2.64 bits per heavy atom. The van der Waals surface area contributed by atoms with E-state index in [1.165, 1.54) is 0 Å². The highest BCUT2D eigenvalue weighted by atomic mass is 16.5. The van der Waals surface area contributed by atoms with Gasteiger partial charge >= 0.3 is 0 Å². The number of ether oxygens (including phenoxy) is 1. The summed E-state index contributed by atoms with van der Waals surface area (Å²) in [6.07, 6.45) is 4.99. The minimum atomic E-state index is 0.511. The minimum Gasteiger partial charge on any atom is -0.380 e. The molecule has 2 rings (SSSR count). The fourth-order valence-electron chi connectivity index (χ4n) is 1.73. The molecule has 1 aliphatic heterocycles. The van der Waals surface area contributed by atoms with Crippen LogP contribution in [0.3, 0.4) is 0 Å². The van der Waals surface area contributed by atoms with E-state index in [4.69, 9.17) is 4.74 Å². The van der Waals surface area contributed by atoms with Crippen LogP contribution in [0.5, 0.6) is 0 Å². The normalized spacial score (nSPS) is 21.6. The standard InChI is InChI=1S/C10H17N3O/c1-2-13-5-4-11-10(13)7-12-9-3-6-14-8-9/h4-5,9,12H,2-3,6-8H2,1H3. The zero-order valence-electron chi connectivity index (χ0n) is 8.57. The maximum atomic E-state index is 5.29. The zero-order chi connectivity index (χ0) is 9.80. The van der Waals surface area contributed by atoms with Crippen molar-refractivity contribution in [2.24, 2.45) is 0 Å². The Balaban J connectivity index is 1.84. The van der Waals surface area contributed by atoms with Gasteiger partial charge in [0.2, 0.25) is 0 Å². The number of aryl methyl sites for hydroxylation is 1. The van der Waals surface area contributed by atoms with E-state index in [-0.39, 0.29) is 0 Å². The molecular weight excluding hydrogens is 178 g/mol. The highest BCUT2D eigenvalue weighted by Crippen LogP contribution is 2.05. The molecule has 1 aromatic heterocycles. The van der Waals surface area contributed by atoms with E-state index in [0.29, 0.717) is 6.04 Å². The average molecular weight is 195 g/mol. The lowest BCUT2D eigenvalue weighted by molar-refractivity contribution is 0.189. The lowest BCUT2D eigenvalue weighted by Gasteiger charge is -2.10. The van der Waals surface area contributed by atoms with Gasteiger partial charge in [-0.25, -0.2) is 4.98 Å². The second-order valence-corrected chi connectivity index (χ2v) is 3.57. The molecule has 1 unspecified atom stereocenters. The Morgan fingerprint density at radius 1 is 1.71 bits per heavy atom. The third-order valence-corrected chi connectivity index (χ3v) is 2.62. The quantitative estimate of drug-likeness (QED) is 0.771. The van der Waals surface area contributed by atoms with Gasteiger partial charge in [0.25, 0.3) is 0 Å². The van der Waals surface area contributed by atoms with Gasteiger partial charge in [0.05, 0.1) is 13.2 Å². The molecule has 0 aliphatic carbocycles. The van der Waals surface area contributed by atoms with E-state index in [1.807, 2.05) is 12.4 Å². The van der Waals surface area contributed by atoms with Crippen LogP contribution < -0.4 is 5.32 Å². The van der Waals surface area contributed by atoms with Crippen LogP contribution in [-0.2, 0) is 17.8 Å². The molecule has 4 nitrogen and oxygen atoms in total. The van der Waals surface area contributed by atoms with Gasteiger partial charge < -0.3 is 14.6 Å². The van der Waals surface area contributed by atoms with Crippen LogP contribution in [0.4, 0.5) is 0 Å². The predicted octanol–water partition coefficient (Wildman–Crippen LogP) is 0.781. The number of aromatic nitrogens is 2. The van der Waals surface area contributed by atoms with Crippen LogP contribution in [0.1, 0.15) is 19.2 Å². The summed E-state index contributed by atoms with van der Waals surface area (Å²) in [4.78, 5) is 4.31. The molecule has 14 heavy (non-hydrogen) atoms. The third kappa shape index (κ3) is 2.13. The van der Waals surface area contributed by atoms with E-state index in [0.717, 1.165) is 38.5 Å². The number of nitrogens with one attached hydrogen (secondary N) is 1. The Hall–Kier alpha value is -0.870. The summed E-state index contributed by atoms with van der Waals surface area (Å²) in [7, 11) is 0. The first-order valence-corrected chi connectivity index (χ1v) is 5.21. The summed E-state index contributed by atoms with van der Waals surface area (Å²) in [5.41, 5.74) is 0. The highest BCUT2D eigenvalue weighted by Gasteiger charge is 2.15. The van der Waals surface area contributed by atoms with Crippen LogP contribution in [0.2, 0.25) is 0 Å². The molecule has 0 saturated carbocycles. The predicted molar refractivity (Wildman–Crippen MR) is 54.0 cm³/mol. The number of rotatable bonds is 4. The van der Waals surface area contributed by atoms with Crippen molar-refractivity contribution >= 4 is 0 Å². The number of nitrogens with zero attached hydrogens (tertiary/aromatic N) is 2. The van der Waals surface area contributed by atoms with Gasteiger partial charge in [-0.15, -0.1) is 0 Å². The van der Waals surface area contributed by atoms with Crippen molar-refractivity contribution in [2.75, 3.05) is 13.2 Å². The van der Waals surface area contributed by atoms with Gasteiger partial charge in [0, 0.05) is 31.6 Å². The molecule has 0 radical (unpaired) electrons. The number of imidazole rings is 1. The SMILES string of the molecule is CCn1ccnc1CNC1CCOC1. The van der Waals surface area contributed by atoms with Crippen molar-refractivity contribution in [3.8, 4) is 0 Å². The number of hydrogen-bond acceptors (Lipinski definition) is 3. The summed E-state index contributed by atoms with van der Waals surface area (Å²) in [5, 5.41) is 3.45. The molecule has 78 valence electrons. The molecule has 1 fully saturated rings. The molecule has 1 aliphatic rings. The van der Waals surface area contributed by atoms with E-state index in [9.17, 15) is 0 Å². The second-order valence-electron chi connectivity index (χ2n) is 3.57. The molecule has 1 saturated heterocycles. The summed E-state index contributed by atoms with van der Waals surface area (Å²) in [6, 6.07) is 0.511. The van der Waals surface area contributed by atoms with Gasteiger partial charge in [0.15, 0.2) is 0 Å². The minimum absolute atomic E-state index is 0.511. The molecular formula is C10H17N3O. The molecule has 0 spiro atoms. The second kappa shape index (κ2) is 4.57. The Morgan fingerprint density at radius 3 is 3.36 bits per heavy atom. The first-order valence-electron chi connectivity index (χ1n) is 5.21. The smallest absolute Gasteiger partial charge is 0.122 e. The lowest BCUT2D eigenvalue weighted by atomic mass is 10.2. The van der Waals surface area contributed by atoms with Gasteiger partial charge in [-0.05, 0) is 13.3 Å². The molecule has 0 aromatic carbocycles. The average Bonchev–Trinajstić information content (AvgIpc) is 2.85. The van der Waals surface area contributed by atoms with E-state index >= 15 is 0 Å². The Bertz CT molecular complexity index is 279. The summed E-state index contributed by atoms with van der Waals surface area (Å²) < 4.78 is 7.45. The van der Waals surface area contributed by atoms with Crippen molar-refractivity contribution in [1.82, 2.24) is 14.9 Å². The first-order chi connectivity index (χ1) is 6.90. The molecule has 0 amide bonds. The summed E-state index contributed by atoms with van der Waals surface area (Å²) in [5.74, 6) is 1.11. The van der Waals surface area contributed by atoms with Gasteiger partial charge in [-0.2, -0.15) is 0 Å². The zero-order valence-corrected chi connectivity index (χ0v) is 8.57. The molecule has 4 heteroatoms. The van der Waals surface area contributed by atoms with Crippen molar-refractivity contribution in [3.63, 3.8) is 0 Å². The van der Waals surface area contributed by atoms with Gasteiger partial charge in [0.1, 0.15) is 5.82 Å². The fourth-order valence-corrected chi connectivity index (χ4v) is 1.73. The van der Waals surface area contributed by atoms with E-state index in [1.54, 1.807) is 0 Å². The molecule has 0 bridgehead atoms. The summed E-state index contributed by atoms with van der Waals surface area (Å²) >= 11 is 0. The highest BCUT2D eigenvalue weighted by molar-refractivity contribution is 4.92. The van der Waals surface area contributed by atoms with Crippen molar-refractivity contribution in [2.45, 2.75) is 32.5 Å². The van der Waals surface area contributed by atoms with Crippen LogP contribution in [0.25, 0.3) is 0 Å². The fraction of sp³-hybridized carbons (Fsp3) is 0.700. The van der Waals surface area contributed by atoms with Crippen LogP contribution >= 0.6 is 0 Å². The topological polar surface area (TPSA) is 39.1 Å². The van der Waals surface area contributed by atoms with Crippen LogP contribution in [0, 0.1) is 0 Å². The van der Waals surface area contributed by atoms with E-state index in [2.05, 4.69) is 21.8 Å². The number of hydrogen-bond donors (Lipinski definition) is 1. The maximum Gasteiger partial charge on any atom is 0.122 e. The molecule has 1 aromatic rings. The Labute approximate surface area is 84.3 Å². The van der Waals surface area contributed by atoms with Gasteiger partial charge in [-0.3, -0.25) is 0 Å². The third-order valence-electron chi connectivity index (χ3n) is 2.62. The summed E-state index contributed by atoms with van der Waals surface area (Å²) in [6.45, 7) is 5.68. The van der Waals surface area contributed by atoms with Crippen molar-refractivity contribution in [1.29, 1.82) is 0 Å². The van der Waals surface area contributed by atoms with Crippen molar-refractivity contribution < 1.29 is 4.74 Å². The lowest BCUT2D eigenvalue weighted by Crippen LogP contribution is -2.29. The molecule has 1 N–H and O–H groups in total. The van der Waals surface area contributed by atoms with E-state index < -0.39 is 0 Å². The van der Waals surface area contributed by atoms with Crippen molar-refractivity contribution in [3.05, 3.63) is 18.2 Å². The first kappa shape index (κ1) is 9.68.